The predicted molar refractivity (Wildman–Crippen MR) is 134 cm³/mol. The van der Waals surface area contributed by atoms with Gasteiger partial charge in [-0.25, -0.2) is 19.2 Å². The molecule has 1 amide bonds. The van der Waals surface area contributed by atoms with E-state index in [9.17, 15) is 19.6 Å². The van der Waals surface area contributed by atoms with Gasteiger partial charge in [0, 0.05) is 37.0 Å². The van der Waals surface area contributed by atoms with Crippen molar-refractivity contribution in [1.82, 2.24) is 24.5 Å². The summed E-state index contributed by atoms with van der Waals surface area (Å²) >= 11 is 1.42. The first-order valence-electron chi connectivity index (χ1n) is 11.6. The van der Waals surface area contributed by atoms with Crippen LogP contribution in [0.25, 0.3) is 16.9 Å². The van der Waals surface area contributed by atoms with Crippen LogP contribution >= 0.6 is 11.3 Å². The van der Waals surface area contributed by atoms with Crippen molar-refractivity contribution >= 4 is 34.0 Å². The van der Waals surface area contributed by atoms with E-state index in [1.165, 1.54) is 28.4 Å². The number of piperidine rings is 1. The SMILES string of the molecule is CCc1nc2ccc(C3CCN(C(=O)O)CC3)nn2c1N(C)c1nc(-c2ccc(F)cc2C#N)cs1. The lowest BCUT2D eigenvalue weighted by atomic mass is 9.93. The molecule has 4 aromatic rings. The molecule has 36 heavy (non-hydrogen) atoms. The minimum absolute atomic E-state index is 0.171. The minimum atomic E-state index is -0.881. The van der Waals surface area contributed by atoms with E-state index in [1.807, 2.05) is 47.0 Å². The highest BCUT2D eigenvalue weighted by molar-refractivity contribution is 7.14. The topological polar surface area (TPSA) is 111 Å². The highest BCUT2D eigenvalue weighted by atomic mass is 32.1. The number of halogens is 1. The lowest BCUT2D eigenvalue weighted by molar-refractivity contribution is 0.131. The molecular formula is C25H24FN7O2S. The third-order valence-corrected chi connectivity index (χ3v) is 7.45. The monoisotopic (exact) mass is 505 g/mol. The lowest BCUT2D eigenvalue weighted by Gasteiger charge is -2.29. The number of aryl methyl sites for hydroxylation is 1. The van der Waals surface area contributed by atoms with Gasteiger partial charge in [0.05, 0.1) is 28.7 Å². The van der Waals surface area contributed by atoms with Crippen LogP contribution < -0.4 is 4.90 Å². The molecule has 0 spiro atoms. The number of aromatic nitrogens is 4. The van der Waals surface area contributed by atoms with E-state index in [0.717, 1.165) is 35.7 Å². The molecule has 5 rings (SSSR count). The summed E-state index contributed by atoms with van der Waals surface area (Å²) in [6.07, 6.45) is 1.26. The molecule has 3 aromatic heterocycles. The molecule has 0 atom stereocenters. The average molecular weight is 506 g/mol. The zero-order chi connectivity index (χ0) is 25.4. The number of carbonyl (C=O) groups is 1. The Labute approximate surface area is 211 Å². The maximum atomic E-state index is 13.6. The fourth-order valence-corrected chi connectivity index (χ4v) is 5.40. The first-order valence-corrected chi connectivity index (χ1v) is 12.5. The van der Waals surface area contributed by atoms with Crippen LogP contribution in [0.15, 0.2) is 35.7 Å². The van der Waals surface area contributed by atoms with Crippen LogP contribution in [-0.2, 0) is 6.42 Å². The summed E-state index contributed by atoms with van der Waals surface area (Å²) in [7, 11) is 1.90. The van der Waals surface area contributed by atoms with Crippen LogP contribution in [0, 0.1) is 17.1 Å². The smallest absolute Gasteiger partial charge is 0.407 e. The van der Waals surface area contributed by atoms with Crippen LogP contribution in [0.1, 0.15) is 42.6 Å². The molecule has 1 aliphatic rings. The van der Waals surface area contributed by atoms with Crippen molar-refractivity contribution in [2.24, 2.45) is 0 Å². The van der Waals surface area contributed by atoms with Gasteiger partial charge in [-0.3, -0.25) is 0 Å². The number of anilines is 2. The Bertz CT molecular complexity index is 1480. The van der Waals surface area contributed by atoms with Crippen LogP contribution in [0.2, 0.25) is 0 Å². The molecule has 0 radical (unpaired) electrons. The van der Waals surface area contributed by atoms with Gasteiger partial charge in [-0.05, 0) is 49.6 Å². The van der Waals surface area contributed by atoms with Gasteiger partial charge in [0.2, 0.25) is 0 Å². The molecule has 9 nitrogen and oxygen atoms in total. The number of nitrogens with zero attached hydrogens (tertiary/aromatic N) is 7. The molecule has 11 heteroatoms. The number of hydrogen-bond acceptors (Lipinski definition) is 7. The zero-order valence-corrected chi connectivity index (χ0v) is 20.7. The molecule has 1 fully saturated rings. The molecule has 0 unspecified atom stereocenters. The van der Waals surface area contributed by atoms with Gasteiger partial charge in [0.15, 0.2) is 16.6 Å². The summed E-state index contributed by atoms with van der Waals surface area (Å²) in [4.78, 5) is 24.1. The second-order valence-corrected chi connectivity index (χ2v) is 9.52. The number of imidazole rings is 1. The number of hydrogen-bond donors (Lipinski definition) is 1. The maximum Gasteiger partial charge on any atom is 0.407 e. The molecule has 1 N–H and O–H groups in total. The number of nitriles is 1. The zero-order valence-electron chi connectivity index (χ0n) is 19.8. The average Bonchev–Trinajstić information content (AvgIpc) is 3.53. The Morgan fingerprint density at radius 1 is 1.28 bits per heavy atom. The molecule has 4 heterocycles. The summed E-state index contributed by atoms with van der Waals surface area (Å²) in [5.41, 5.74) is 3.92. The second-order valence-electron chi connectivity index (χ2n) is 8.68. The Morgan fingerprint density at radius 2 is 2.06 bits per heavy atom. The van der Waals surface area contributed by atoms with Crippen LogP contribution in [0.5, 0.6) is 0 Å². The van der Waals surface area contributed by atoms with Gasteiger partial charge in [-0.1, -0.05) is 6.92 Å². The fraction of sp³-hybridized carbons (Fsp3) is 0.320. The predicted octanol–water partition coefficient (Wildman–Crippen LogP) is 5.05. The van der Waals surface area contributed by atoms with Crippen molar-refractivity contribution in [1.29, 1.82) is 5.26 Å². The van der Waals surface area contributed by atoms with Gasteiger partial charge in [-0.15, -0.1) is 11.3 Å². The van der Waals surface area contributed by atoms with Crippen LogP contribution in [-0.4, -0.2) is 55.8 Å². The van der Waals surface area contributed by atoms with Crippen LogP contribution in [0.3, 0.4) is 0 Å². The molecule has 0 bridgehead atoms. The van der Waals surface area contributed by atoms with E-state index in [0.29, 0.717) is 35.9 Å². The number of rotatable bonds is 5. The van der Waals surface area contributed by atoms with Gasteiger partial charge in [0.25, 0.3) is 0 Å². The van der Waals surface area contributed by atoms with Crippen molar-refractivity contribution in [2.45, 2.75) is 32.1 Å². The largest absolute Gasteiger partial charge is 0.465 e. The number of thiazole rings is 1. The van der Waals surface area contributed by atoms with E-state index in [4.69, 9.17) is 15.1 Å². The lowest BCUT2D eigenvalue weighted by Crippen LogP contribution is -2.37. The number of carboxylic acid groups (broad SMARTS) is 1. The summed E-state index contributed by atoms with van der Waals surface area (Å²) < 4.78 is 15.4. The van der Waals surface area contributed by atoms with E-state index in [-0.39, 0.29) is 11.5 Å². The van der Waals surface area contributed by atoms with Gasteiger partial charge < -0.3 is 14.9 Å². The summed E-state index contributed by atoms with van der Waals surface area (Å²) in [5, 5.41) is 26.1. The summed E-state index contributed by atoms with van der Waals surface area (Å²) in [6, 6.07) is 10.1. The summed E-state index contributed by atoms with van der Waals surface area (Å²) in [6.45, 7) is 3.02. The fourth-order valence-electron chi connectivity index (χ4n) is 4.60. The summed E-state index contributed by atoms with van der Waals surface area (Å²) in [5.74, 6) is 0.513. The Balaban J connectivity index is 1.49. The van der Waals surface area contributed by atoms with E-state index >= 15 is 0 Å². The normalized spacial score (nSPS) is 14.2. The van der Waals surface area contributed by atoms with Crippen molar-refractivity contribution in [3.05, 3.63) is 58.5 Å². The van der Waals surface area contributed by atoms with Crippen LogP contribution in [0.4, 0.5) is 20.1 Å². The molecule has 1 aromatic carbocycles. The van der Waals surface area contributed by atoms with E-state index in [2.05, 4.69) is 0 Å². The Morgan fingerprint density at radius 3 is 2.75 bits per heavy atom. The number of fused-ring (bicyclic) bond motifs is 1. The van der Waals surface area contributed by atoms with Crippen molar-refractivity contribution in [2.75, 3.05) is 25.0 Å². The second kappa shape index (κ2) is 9.54. The molecule has 1 aliphatic heterocycles. The maximum absolute atomic E-state index is 13.6. The Kier molecular flexibility index (Phi) is 6.28. The Hall–Kier alpha value is -4.04. The van der Waals surface area contributed by atoms with Crippen molar-refractivity contribution in [3.63, 3.8) is 0 Å². The van der Waals surface area contributed by atoms with Crippen molar-refractivity contribution < 1.29 is 14.3 Å². The van der Waals surface area contributed by atoms with Gasteiger partial charge >= 0.3 is 6.09 Å². The molecule has 0 aliphatic carbocycles. The minimum Gasteiger partial charge on any atom is -0.465 e. The molecule has 1 saturated heterocycles. The highest BCUT2D eigenvalue weighted by Gasteiger charge is 2.26. The van der Waals surface area contributed by atoms with E-state index in [1.54, 1.807) is 6.07 Å². The molecule has 0 saturated carbocycles. The van der Waals surface area contributed by atoms with Crippen molar-refractivity contribution in [3.8, 4) is 17.3 Å². The highest BCUT2D eigenvalue weighted by Crippen LogP contribution is 2.35. The first-order chi connectivity index (χ1) is 17.4. The van der Waals surface area contributed by atoms with E-state index < -0.39 is 11.9 Å². The third kappa shape index (κ3) is 4.24. The number of amides is 1. The third-order valence-electron chi connectivity index (χ3n) is 6.54. The molecular weight excluding hydrogens is 481 g/mol. The van der Waals surface area contributed by atoms with Gasteiger partial charge in [0.1, 0.15) is 5.82 Å². The number of benzene rings is 1. The number of likely N-dealkylation sites (tertiary alicyclic amines) is 1. The first kappa shape index (κ1) is 23.7. The standard InChI is InChI=1S/C25H24FN7O2S/c1-3-19-23(31(2)24-29-21(14-36-24)18-5-4-17(26)12-16(18)13-27)33-22(28-19)7-6-20(30-33)15-8-10-32(11-9-15)25(34)35/h4-7,12,14-15H,3,8-11H2,1-2H3,(H,34,35). The quantitative estimate of drug-likeness (QED) is 0.404. The molecule has 184 valence electrons. The van der Waals surface area contributed by atoms with Gasteiger partial charge in [-0.2, -0.15) is 14.9 Å².